The lowest BCUT2D eigenvalue weighted by Gasteiger charge is -2.32. The Morgan fingerprint density at radius 1 is 1.30 bits per heavy atom. The third-order valence-corrected chi connectivity index (χ3v) is 6.58. The molecule has 1 unspecified atom stereocenters. The van der Waals surface area contributed by atoms with Crippen LogP contribution in [0.1, 0.15) is 31.7 Å². The molecule has 0 aromatic heterocycles. The predicted molar refractivity (Wildman–Crippen MR) is 106 cm³/mol. The summed E-state index contributed by atoms with van der Waals surface area (Å²) in [6.07, 6.45) is 3.55. The van der Waals surface area contributed by atoms with E-state index >= 15 is 0 Å². The van der Waals surface area contributed by atoms with Crippen LogP contribution in [0.4, 0.5) is 0 Å². The Morgan fingerprint density at radius 3 is 2.63 bits per heavy atom. The van der Waals surface area contributed by atoms with Gasteiger partial charge < -0.3 is 10.1 Å². The molecule has 1 aromatic carbocycles. The number of carbonyl (C=O) groups excluding carboxylic acids is 1. The molecular formula is C19H31N3O4S. The molecule has 1 atom stereocenters. The van der Waals surface area contributed by atoms with Crippen molar-refractivity contribution in [2.75, 3.05) is 40.3 Å². The summed E-state index contributed by atoms with van der Waals surface area (Å²) < 4.78 is 32.7. The van der Waals surface area contributed by atoms with Gasteiger partial charge in [-0.25, -0.2) is 0 Å². The first kappa shape index (κ1) is 21.7. The summed E-state index contributed by atoms with van der Waals surface area (Å²) >= 11 is 0. The van der Waals surface area contributed by atoms with Crippen LogP contribution >= 0.6 is 0 Å². The first-order chi connectivity index (χ1) is 12.8. The molecular weight excluding hydrogens is 366 g/mol. The van der Waals surface area contributed by atoms with Gasteiger partial charge in [0.1, 0.15) is 12.4 Å². The lowest BCUT2D eigenvalue weighted by Crippen LogP contribution is -2.49. The summed E-state index contributed by atoms with van der Waals surface area (Å²) in [5.41, 5.74) is 1.28. The van der Waals surface area contributed by atoms with Crippen molar-refractivity contribution < 1.29 is 17.9 Å². The molecule has 152 valence electrons. The molecule has 1 saturated heterocycles. The highest BCUT2D eigenvalue weighted by molar-refractivity contribution is 7.86. The molecule has 0 saturated carbocycles. The van der Waals surface area contributed by atoms with Gasteiger partial charge in [0.05, 0.1) is 12.5 Å². The fourth-order valence-corrected chi connectivity index (χ4v) is 4.32. The summed E-state index contributed by atoms with van der Waals surface area (Å²) in [5.74, 6) is 0.349. The molecule has 1 aliphatic heterocycles. The number of ether oxygens (including phenoxy) is 1. The van der Waals surface area contributed by atoms with Crippen LogP contribution in [0, 0.1) is 5.92 Å². The molecule has 1 fully saturated rings. The Labute approximate surface area is 162 Å². The summed E-state index contributed by atoms with van der Waals surface area (Å²) in [6.45, 7) is 3.61. The van der Waals surface area contributed by atoms with Crippen molar-refractivity contribution in [1.29, 1.82) is 0 Å². The lowest BCUT2D eigenvalue weighted by molar-refractivity contribution is -0.126. The molecule has 8 heteroatoms. The van der Waals surface area contributed by atoms with Crippen molar-refractivity contribution >= 4 is 16.1 Å². The minimum absolute atomic E-state index is 0.115. The summed E-state index contributed by atoms with van der Waals surface area (Å²) in [4.78, 5) is 12.4. The summed E-state index contributed by atoms with van der Waals surface area (Å²) in [6, 6.07) is 7.99. The van der Waals surface area contributed by atoms with E-state index in [0.29, 0.717) is 32.5 Å². The Kier molecular flexibility index (Phi) is 8.07. The Hall–Kier alpha value is -1.64. The standard InChI is InChI=1S/C19H31N3O4S/c1-4-6-16-8-10-18(11-9-16)26-14-12-20-19(23)17-7-5-13-22(15-17)27(24,25)21(2)3/h8-11,17H,4-7,12-15H2,1-3H3,(H,20,23). The Balaban J connectivity index is 1.75. The molecule has 7 nitrogen and oxygen atoms in total. The van der Waals surface area contributed by atoms with Gasteiger partial charge in [-0.05, 0) is 37.0 Å². The van der Waals surface area contributed by atoms with Gasteiger partial charge in [0, 0.05) is 27.2 Å². The van der Waals surface area contributed by atoms with Crippen LogP contribution in [-0.2, 0) is 21.4 Å². The fourth-order valence-electron chi connectivity index (χ4n) is 3.13. The number of hydrogen-bond acceptors (Lipinski definition) is 4. The molecule has 1 N–H and O–H groups in total. The van der Waals surface area contributed by atoms with E-state index in [1.54, 1.807) is 0 Å². The first-order valence-electron chi connectivity index (χ1n) is 9.51. The maximum Gasteiger partial charge on any atom is 0.281 e. The molecule has 0 aliphatic carbocycles. The van der Waals surface area contributed by atoms with Crippen LogP contribution < -0.4 is 10.1 Å². The van der Waals surface area contributed by atoms with E-state index in [0.717, 1.165) is 18.6 Å². The Bertz CT molecular complexity index is 704. The zero-order chi connectivity index (χ0) is 19.9. The van der Waals surface area contributed by atoms with E-state index in [9.17, 15) is 13.2 Å². The van der Waals surface area contributed by atoms with E-state index in [2.05, 4.69) is 24.4 Å². The van der Waals surface area contributed by atoms with E-state index in [4.69, 9.17) is 4.74 Å². The van der Waals surface area contributed by atoms with Gasteiger partial charge in [-0.15, -0.1) is 0 Å². The number of piperidine rings is 1. The van der Waals surface area contributed by atoms with Crippen molar-refractivity contribution in [1.82, 2.24) is 13.9 Å². The number of amides is 1. The highest BCUT2D eigenvalue weighted by Gasteiger charge is 2.33. The first-order valence-corrected chi connectivity index (χ1v) is 10.9. The monoisotopic (exact) mass is 397 g/mol. The van der Waals surface area contributed by atoms with Crippen LogP contribution in [0.15, 0.2) is 24.3 Å². The average molecular weight is 398 g/mol. The van der Waals surface area contributed by atoms with E-state index in [-0.39, 0.29) is 18.4 Å². The average Bonchev–Trinajstić information content (AvgIpc) is 2.66. The van der Waals surface area contributed by atoms with Gasteiger partial charge in [-0.3, -0.25) is 4.79 Å². The predicted octanol–water partition coefficient (Wildman–Crippen LogP) is 1.65. The molecule has 1 amide bonds. The summed E-state index contributed by atoms with van der Waals surface area (Å²) in [7, 11) is -0.463. The van der Waals surface area contributed by atoms with Gasteiger partial charge in [0.25, 0.3) is 10.2 Å². The van der Waals surface area contributed by atoms with Crippen molar-refractivity contribution in [3.05, 3.63) is 29.8 Å². The molecule has 0 radical (unpaired) electrons. The van der Waals surface area contributed by atoms with Crippen molar-refractivity contribution in [2.24, 2.45) is 5.92 Å². The summed E-state index contributed by atoms with van der Waals surface area (Å²) in [5, 5.41) is 2.86. The molecule has 1 heterocycles. The number of hydrogen-bond donors (Lipinski definition) is 1. The number of nitrogens with zero attached hydrogens (tertiary/aromatic N) is 2. The van der Waals surface area contributed by atoms with Crippen LogP contribution in [0.25, 0.3) is 0 Å². The van der Waals surface area contributed by atoms with Crippen LogP contribution in [-0.4, -0.2) is 63.3 Å². The quantitative estimate of drug-likeness (QED) is 0.643. The van der Waals surface area contributed by atoms with Gasteiger partial charge in [-0.1, -0.05) is 25.5 Å². The van der Waals surface area contributed by atoms with E-state index < -0.39 is 10.2 Å². The van der Waals surface area contributed by atoms with Crippen LogP contribution in [0.5, 0.6) is 5.75 Å². The van der Waals surface area contributed by atoms with Gasteiger partial charge in [-0.2, -0.15) is 17.0 Å². The van der Waals surface area contributed by atoms with Crippen LogP contribution in [0.3, 0.4) is 0 Å². The normalized spacial score (nSPS) is 18.4. The number of nitrogens with one attached hydrogen (secondary N) is 1. The van der Waals surface area contributed by atoms with Crippen LogP contribution in [0.2, 0.25) is 0 Å². The van der Waals surface area contributed by atoms with Crippen molar-refractivity contribution in [2.45, 2.75) is 32.6 Å². The zero-order valence-corrected chi connectivity index (χ0v) is 17.3. The minimum atomic E-state index is -3.47. The Morgan fingerprint density at radius 2 is 2.00 bits per heavy atom. The highest BCUT2D eigenvalue weighted by Crippen LogP contribution is 2.20. The molecule has 1 aliphatic rings. The number of benzene rings is 1. The van der Waals surface area contributed by atoms with Gasteiger partial charge >= 0.3 is 0 Å². The third kappa shape index (κ3) is 6.19. The maximum atomic E-state index is 12.4. The second-order valence-electron chi connectivity index (χ2n) is 7.02. The molecule has 27 heavy (non-hydrogen) atoms. The topological polar surface area (TPSA) is 79.0 Å². The van der Waals surface area contributed by atoms with E-state index in [1.807, 2.05) is 12.1 Å². The zero-order valence-electron chi connectivity index (χ0n) is 16.5. The molecule has 2 rings (SSSR count). The number of carbonyl (C=O) groups is 1. The van der Waals surface area contributed by atoms with Gasteiger partial charge in [0.15, 0.2) is 0 Å². The second-order valence-corrected chi connectivity index (χ2v) is 9.16. The smallest absolute Gasteiger partial charge is 0.281 e. The number of rotatable bonds is 9. The maximum absolute atomic E-state index is 12.4. The molecule has 0 spiro atoms. The number of aryl methyl sites for hydroxylation is 1. The second kappa shape index (κ2) is 10.1. The highest BCUT2D eigenvalue weighted by atomic mass is 32.2. The van der Waals surface area contributed by atoms with Crippen molar-refractivity contribution in [3.63, 3.8) is 0 Å². The minimum Gasteiger partial charge on any atom is -0.492 e. The molecule has 0 bridgehead atoms. The SMILES string of the molecule is CCCc1ccc(OCCNC(=O)C2CCCN(S(=O)(=O)N(C)C)C2)cc1. The van der Waals surface area contributed by atoms with Crippen molar-refractivity contribution in [3.8, 4) is 5.75 Å². The fraction of sp³-hybridized carbons (Fsp3) is 0.632. The van der Waals surface area contributed by atoms with E-state index in [1.165, 1.54) is 28.3 Å². The third-order valence-electron chi connectivity index (χ3n) is 4.67. The largest absolute Gasteiger partial charge is 0.492 e. The molecule has 1 aromatic rings. The van der Waals surface area contributed by atoms with Gasteiger partial charge in [0.2, 0.25) is 5.91 Å². The lowest BCUT2D eigenvalue weighted by atomic mass is 9.99.